The summed E-state index contributed by atoms with van der Waals surface area (Å²) in [4.78, 5) is 153. The van der Waals surface area contributed by atoms with Crippen LogP contribution in [0.25, 0.3) is 0 Å². The molecule has 0 aliphatic carbocycles. The van der Waals surface area contributed by atoms with Crippen molar-refractivity contribution in [2.24, 2.45) is 11.5 Å². The van der Waals surface area contributed by atoms with Crippen LogP contribution in [0.1, 0.15) is 78.1 Å². The first-order valence-electron chi connectivity index (χ1n) is 28.5. The Morgan fingerprint density at radius 3 is 1.70 bits per heavy atom. The van der Waals surface area contributed by atoms with Crippen molar-refractivity contribution in [1.82, 2.24) is 47.9 Å². The van der Waals surface area contributed by atoms with Gasteiger partial charge in [-0.05, 0) is 104 Å². The first-order valence-corrected chi connectivity index (χ1v) is 31.3. The number of halogens is 1. The van der Waals surface area contributed by atoms with Crippen molar-refractivity contribution in [3.63, 3.8) is 0 Å². The van der Waals surface area contributed by atoms with E-state index in [1.165, 1.54) is 79.7 Å². The largest absolute Gasteiger partial charge is 0.508 e. The average molecular weight is 1290 g/mol. The quantitative estimate of drug-likeness (QED) is 0.0236. The van der Waals surface area contributed by atoms with Gasteiger partial charge < -0.3 is 79.4 Å². The fourth-order valence-corrected chi connectivity index (χ4v) is 11.5. The number of phenolic OH excluding ortho intramolecular Hbond substituents is 2. The lowest BCUT2D eigenvalue weighted by atomic mass is 10.00. The Morgan fingerprint density at radius 1 is 0.629 bits per heavy atom. The van der Waals surface area contributed by atoms with E-state index < -0.39 is 119 Å². The predicted octanol–water partition coefficient (Wildman–Crippen LogP) is -0.00680. The summed E-state index contributed by atoms with van der Waals surface area (Å²) >= 11 is 6.16. The number of aliphatic hydroxyl groups excluding tert-OH is 1. The van der Waals surface area contributed by atoms with E-state index in [1.54, 1.807) is 31.3 Å². The van der Waals surface area contributed by atoms with Crippen LogP contribution in [0.5, 0.6) is 11.5 Å². The number of carbonyl (C=O) groups is 11. The normalized spacial score (nSPS) is 19.9. The summed E-state index contributed by atoms with van der Waals surface area (Å²) in [5.41, 5.74) is 13.2. The van der Waals surface area contributed by atoms with Crippen LogP contribution in [0.15, 0.2) is 97.1 Å². The summed E-state index contributed by atoms with van der Waals surface area (Å²) in [7, 11) is 4.69. The molecule has 9 atom stereocenters. The van der Waals surface area contributed by atoms with Crippen LogP contribution in [0, 0.1) is 0 Å². The van der Waals surface area contributed by atoms with E-state index >= 15 is 4.79 Å². The van der Waals surface area contributed by atoms with Crippen molar-refractivity contribution in [3.05, 3.63) is 130 Å². The highest BCUT2D eigenvalue weighted by atomic mass is 35.5. The highest BCUT2D eigenvalue weighted by Crippen LogP contribution is 2.25. The number of hydrogen-bond donors (Lipinski definition) is 14. The van der Waals surface area contributed by atoms with Gasteiger partial charge >= 0.3 is 5.97 Å². The summed E-state index contributed by atoms with van der Waals surface area (Å²) in [6, 6.07) is 11.1. The molecule has 26 nitrogen and oxygen atoms in total. The molecule has 4 aromatic carbocycles. The third-order valence-corrected chi connectivity index (χ3v) is 16.8. The molecule has 0 bridgehead atoms. The van der Waals surface area contributed by atoms with Crippen LogP contribution in [0.4, 0.5) is 0 Å². The maximum Gasteiger partial charge on any atom is 0.306 e. The van der Waals surface area contributed by atoms with Crippen molar-refractivity contribution in [2.45, 2.75) is 126 Å². The maximum atomic E-state index is 15.0. The summed E-state index contributed by atoms with van der Waals surface area (Å²) < 4.78 is 4.68. The van der Waals surface area contributed by atoms with E-state index in [9.17, 15) is 63.3 Å². The Hall–Kier alpha value is -8.44. The third-order valence-electron chi connectivity index (χ3n) is 14.1. The van der Waals surface area contributed by atoms with Crippen LogP contribution in [0.3, 0.4) is 0 Å². The lowest BCUT2D eigenvalue weighted by molar-refractivity contribution is -0.142. The molecule has 1 aliphatic heterocycles. The van der Waals surface area contributed by atoms with Crippen molar-refractivity contribution < 1.29 is 72.8 Å². The zero-order chi connectivity index (χ0) is 65.2. The molecule has 16 N–H and O–H groups in total. The lowest BCUT2D eigenvalue weighted by Gasteiger charge is -2.29. The standard InChI is InChI=1S/C60H76ClN11O15S2/c1-33(73)51-60(86)71-48(58(84)67-43(53(63)79)27-36-12-20-40(74)21-13-36)32-89-88-31-47(70-55(81)44(28-35-10-18-39(61)19-11-35)65-49(76)24-25-50(77)87-3)59(85)69-46(30-37-14-22-41(75)23-15-37)57(83)68-45(29-34-8-16-38(17-9-34)52(62)78)56(82)66-42(54(80)72-51)7-5-4-6-26-64-2/h8-23,33,42-48,51,64,73-75H,4-7,24-32H2,1-3H3,(H2,62,78)(H2,63,79)(H,65,76)(H,66,82)(H,67,84)(H,68,83)(H,69,85)(H,70,81)(H,71,86)(H,72,80)/t33-,42+,43-,44+,45-,46+,47-,48+,51+/m1/s1. The number of amides is 10. The highest BCUT2D eigenvalue weighted by molar-refractivity contribution is 8.76. The van der Waals surface area contributed by atoms with Gasteiger partial charge in [-0.3, -0.25) is 52.7 Å². The number of nitrogens with one attached hydrogen (secondary N) is 9. The van der Waals surface area contributed by atoms with Crippen molar-refractivity contribution in [2.75, 3.05) is 32.2 Å². The number of esters is 1. The van der Waals surface area contributed by atoms with Gasteiger partial charge in [0, 0.05) is 54.2 Å². The van der Waals surface area contributed by atoms with Crippen LogP contribution in [0.2, 0.25) is 5.02 Å². The van der Waals surface area contributed by atoms with Gasteiger partial charge in [0.1, 0.15) is 59.8 Å². The number of aromatic hydroxyl groups is 2. The van der Waals surface area contributed by atoms with Crippen molar-refractivity contribution in [1.29, 1.82) is 0 Å². The Bertz CT molecular complexity index is 3090. The summed E-state index contributed by atoms with van der Waals surface area (Å²) in [6.45, 7) is 1.82. The number of primary amides is 2. The van der Waals surface area contributed by atoms with Gasteiger partial charge in [-0.1, -0.05) is 94.6 Å². The molecule has 1 fully saturated rings. The highest BCUT2D eigenvalue weighted by Gasteiger charge is 2.37. The molecule has 0 spiro atoms. The smallest absolute Gasteiger partial charge is 0.306 e. The number of rotatable bonds is 25. The number of aliphatic hydroxyl groups is 1. The lowest BCUT2D eigenvalue weighted by Crippen LogP contribution is -2.62. The zero-order valence-corrected chi connectivity index (χ0v) is 51.6. The molecule has 5 rings (SSSR count). The SMILES string of the molecule is CNCCCCC[C@@H]1NC(=O)[C@@H](Cc2ccc(C(N)=O)cc2)NC(=O)[C@H](Cc2ccc(O)cc2)NC(=O)[C@H](NC(=O)[C@H](Cc2ccc(Cl)cc2)NC(=O)CCC(=O)OC)CSSC[C@@H](C(=O)N[C@H](Cc2ccc(O)cc2)C(N)=O)NC(=O)[C@H]([C@@H](C)O)NC1=O. The number of ether oxygens (including phenoxy) is 1. The molecule has 1 saturated heterocycles. The van der Waals surface area contributed by atoms with E-state index in [4.69, 9.17) is 23.1 Å². The monoisotopic (exact) mass is 1290 g/mol. The number of carbonyl (C=O) groups excluding carboxylic acids is 11. The third kappa shape index (κ3) is 24.2. The zero-order valence-electron chi connectivity index (χ0n) is 49.2. The van der Waals surface area contributed by atoms with Gasteiger partial charge in [-0.15, -0.1) is 0 Å². The molecule has 0 aromatic heterocycles. The van der Waals surface area contributed by atoms with Crippen LogP contribution < -0.4 is 59.3 Å². The molecule has 0 unspecified atom stereocenters. The Labute approximate surface area is 527 Å². The molecule has 0 radical (unpaired) electrons. The molecule has 1 heterocycles. The fraction of sp³-hybridized carbons (Fsp3) is 0.417. The van der Waals surface area contributed by atoms with Gasteiger partial charge in [-0.25, -0.2) is 0 Å². The second-order valence-electron chi connectivity index (χ2n) is 21.1. The first kappa shape index (κ1) is 71.3. The molecule has 480 valence electrons. The van der Waals surface area contributed by atoms with Crippen molar-refractivity contribution in [3.8, 4) is 11.5 Å². The second kappa shape index (κ2) is 36.1. The minimum Gasteiger partial charge on any atom is -0.508 e. The van der Waals surface area contributed by atoms with E-state index in [1.807, 2.05) is 0 Å². The van der Waals surface area contributed by atoms with Gasteiger partial charge in [-0.2, -0.15) is 0 Å². The number of nitrogens with two attached hydrogens (primary N) is 2. The summed E-state index contributed by atoms with van der Waals surface area (Å²) in [6.07, 6.45) is -1.70. The van der Waals surface area contributed by atoms with Crippen molar-refractivity contribution >= 4 is 98.2 Å². The van der Waals surface area contributed by atoms with E-state index in [-0.39, 0.29) is 73.5 Å². The summed E-state index contributed by atoms with van der Waals surface area (Å²) in [5, 5.41) is 55.7. The Kier molecular flexibility index (Phi) is 29.0. The van der Waals surface area contributed by atoms with Crippen LogP contribution >= 0.6 is 33.2 Å². The summed E-state index contributed by atoms with van der Waals surface area (Å²) in [5.74, 6) is -10.8. The number of hydrogen-bond acceptors (Lipinski definition) is 18. The van der Waals surface area contributed by atoms with E-state index in [0.29, 0.717) is 53.1 Å². The molecule has 4 aromatic rings. The molecule has 0 saturated carbocycles. The topological polar surface area (TPSA) is 418 Å². The van der Waals surface area contributed by atoms with Gasteiger partial charge in [0.25, 0.3) is 0 Å². The minimum atomic E-state index is -1.79. The maximum absolute atomic E-state index is 15.0. The molecule has 1 aliphatic rings. The minimum absolute atomic E-state index is 0.0256. The molecular weight excluding hydrogens is 1210 g/mol. The number of benzene rings is 4. The second-order valence-corrected chi connectivity index (χ2v) is 24.0. The van der Waals surface area contributed by atoms with Crippen LogP contribution in [-0.2, 0) is 78.4 Å². The number of methoxy groups -OCH3 is 1. The molecular formula is C60H76ClN11O15S2. The Balaban J connectivity index is 1.63. The number of unbranched alkanes of at least 4 members (excludes halogenated alkanes) is 2. The predicted molar refractivity (Wildman–Crippen MR) is 332 cm³/mol. The Morgan fingerprint density at radius 2 is 1.15 bits per heavy atom. The first-order chi connectivity index (χ1) is 42.4. The van der Waals surface area contributed by atoms with E-state index in [0.717, 1.165) is 28.7 Å². The molecule has 10 amide bonds. The molecule has 29 heteroatoms. The van der Waals surface area contributed by atoms with Crippen LogP contribution in [-0.4, -0.2) is 167 Å². The fourth-order valence-electron chi connectivity index (χ4n) is 9.04. The van der Waals surface area contributed by atoms with Gasteiger partial charge in [0.05, 0.1) is 19.6 Å². The number of phenols is 2. The van der Waals surface area contributed by atoms with E-state index in [2.05, 4.69) is 52.6 Å². The average Bonchev–Trinajstić information content (AvgIpc) is 3.58. The van der Waals surface area contributed by atoms with Gasteiger partial charge in [0.2, 0.25) is 59.1 Å². The molecule has 89 heavy (non-hydrogen) atoms. The van der Waals surface area contributed by atoms with Gasteiger partial charge in [0.15, 0.2) is 0 Å².